The number of hydrogen-bond donors (Lipinski definition) is 0. The zero-order valence-electron chi connectivity index (χ0n) is 73.0. The summed E-state index contributed by atoms with van der Waals surface area (Å²) in [6, 6.07) is 130. The summed E-state index contributed by atoms with van der Waals surface area (Å²) in [4.78, 5) is 5.59. The molecule has 0 unspecified atom stereocenters. The molecule has 6 aliphatic rings. The van der Waals surface area contributed by atoms with E-state index in [4.69, 9.17) is 0 Å². The van der Waals surface area contributed by atoms with Gasteiger partial charge in [-0.2, -0.15) is 0 Å². The minimum atomic E-state index is -0.709. The van der Waals surface area contributed by atoms with Crippen molar-refractivity contribution in [2.75, 3.05) is 9.80 Å². The van der Waals surface area contributed by atoms with Crippen molar-refractivity contribution in [3.05, 3.63) is 400 Å². The zero-order valence-corrected chi connectivity index (χ0v) is 73.0. The van der Waals surface area contributed by atoms with E-state index in [0.29, 0.717) is 0 Å². The van der Waals surface area contributed by atoms with Gasteiger partial charge in [-0.15, -0.1) is 0 Å². The lowest BCUT2D eigenvalue weighted by atomic mass is 9.33. The van der Waals surface area contributed by atoms with Crippen LogP contribution in [-0.2, 0) is 37.9 Å². The first kappa shape index (κ1) is 73.7. The van der Waals surface area contributed by atoms with E-state index in [-0.39, 0.29) is 33.8 Å². The van der Waals surface area contributed by atoms with Crippen LogP contribution in [0.5, 0.6) is 0 Å². The van der Waals surface area contributed by atoms with Crippen molar-refractivity contribution in [2.24, 2.45) is 0 Å². The number of anilines is 6. The van der Waals surface area contributed by atoms with E-state index < -0.39 is 10.8 Å². The standard InChI is InChI=1S/C118H99BN4/c1-112(2,3)72-48-46-70(47-49-72)71-62-107-111-108(63-71)123(104-45-29-37-86-84-35-21-27-43-96(84)118(110(86)104)93-40-24-18-32-81(93)82-33-19-25-41-94(82)118)106-69-78(121-101-60-52-75(115(10,11)12)66-89(101)90-67-76(116(13,14)15)53-61-102(90)121)55-57-98(106)119(111)97-56-54-77(120-99-58-50-73(113(4,5)6)64-87(99)88-65-74(114(7,8)9)51-59-100(88)120)68-105(97)122(107)103-44-28-36-85-83-34-20-26-42-95(83)117(109(85)103)91-38-22-16-30-79(91)80-31-17-23-39-92(80)117/h16-69H,1-15H3. The predicted octanol–water partition coefficient (Wildman–Crippen LogP) is 28.8. The molecule has 4 heterocycles. The summed E-state index contributed by atoms with van der Waals surface area (Å²) >= 11 is 0. The third kappa shape index (κ3) is 10.1. The summed E-state index contributed by atoms with van der Waals surface area (Å²) in [7, 11) is 0. The molecule has 2 aromatic heterocycles. The molecule has 0 atom stereocenters. The molecule has 0 saturated heterocycles. The lowest BCUT2D eigenvalue weighted by Crippen LogP contribution is -2.61. The Labute approximate surface area is 723 Å². The number of aromatic nitrogens is 2. The fraction of sp³-hybridized carbons (Fsp3) is 0.186. The quantitative estimate of drug-likeness (QED) is 0.160. The van der Waals surface area contributed by atoms with Gasteiger partial charge in [-0.1, -0.05) is 334 Å². The van der Waals surface area contributed by atoms with Crippen molar-refractivity contribution in [1.29, 1.82) is 0 Å². The average Bonchev–Trinajstić information content (AvgIpc) is 1.58. The number of nitrogens with zero attached hydrogens (tertiary/aromatic N) is 4. The topological polar surface area (TPSA) is 16.3 Å². The molecule has 0 amide bonds. The Bertz CT molecular complexity index is 6980. The van der Waals surface area contributed by atoms with Gasteiger partial charge < -0.3 is 18.9 Å². The molecule has 0 fully saturated rings. The van der Waals surface area contributed by atoms with Crippen LogP contribution < -0.4 is 26.2 Å². The monoisotopic (exact) mass is 1580 g/mol. The number of hydrogen-bond acceptors (Lipinski definition) is 2. The highest BCUT2D eigenvalue weighted by atomic mass is 15.2. The van der Waals surface area contributed by atoms with Crippen molar-refractivity contribution in [3.8, 4) is 67.0 Å². The van der Waals surface area contributed by atoms with Crippen LogP contribution in [0.15, 0.2) is 328 Å². The van der Waals surface area contributed by atoms with Crippen molar-refractivity contribution in [2.45, 2.75) is 142 Å². The lowest BCUT2D eigenvalue weighted by Gasteiger charge is -2.46. The average molecular weight is 1580 g/mol. The second kappa shape index (κ2) is 25.2. The molecular formula is C118H99BN4. The van der Waals surface area contributed by atoms with E-state index in [1.807, 2.05) is 0 Å². The highest BCUT2D eigenvalue weighted by Gasteiger charge is 2.57. The van der Waals surface area contributed by atoms with Gasteiger partial charge in [0.25, 0.3) is 6.71 Å². The Morgan fingerprint density at radius 3 is 0.797 bits per heavy atom. The minimum absolute atomic E-state index is 0.0771. The van der Waals surface area contributed by atoms with E-state index in [1.54, 1.807) is 0 Å². The summed E-state index contributed by atoms with van der Waals surface area (Å²) < 4.78 is 5.19. The molecule has 594 valence electrons. The highest BCUT2D eigenvalue weighted by Crippen LogP contribution is 2.69. The second-order valence-corrected chi connectivity index (χ2v) is 41.1. The molecule has 0 N–H and O–H groups in total. The molecule has 0 bridgehead atoms. The zero-order chi connectivity index (χ0) is 83.8. The highest BCUT2D eigenvalue weighted by molar-refractivity contribution is 7.00. The van der Waals surface area contributed by atoms with Gasteiger partial charge in [-0.05, 0) is 257 Å². The molecule has 24 rings (SSSR count). The van der Waals surface area contributed by atoms with Crippen LogP contribution in [0.2, 0.25) is 0 Å². The Morgan fingerprint density at radius 1 is 0.220 bits per heavy atom. The second-order valence-electron chi connectivity index (χ2n) is 41.1. The molecule has 4 nitrogen and oxygen atoms in total. The molecule has 0 saturated carbocycles. The fourth-order valence-electron chi connectivity index (χ4n) is 23.2. The number of rotatable bonds is 5. The van der Waals surface area contributed by atoms with Crippen molar-refractivity contribution < 1.29 is 0 Å². The van der Waals surface area contributed by atoms with Gasteiger partial charge in [0.15, 0.2) is 0 Å². The third-order valence-electron chi connectivity index (χ3n) is 29.1. The normalized spacial score (nSPS) is 14.7. The van der Waals surface area contributed by atoms with Crippen LogP contribution in [0.1, 0.15) is 176 Å². The summed E-state index contributed by atoms with van der Waals surface area (Å²) in [6.07, 6.45) is 0. The number of fused-ring (bicyclic) bond motifs is 30. The van der Waals surface area contributed by atoms with Crippen molar-refractivity contribution in [3.63, 3.8) is 0 Å². The van der Waals surface area contributed by atoms with Gasteiger partial charge in [0.1, 0.15) is 0 Å². The van der Waals surface area contributed by atoms with E-state index in [2.05, 4.69) is 450 Å². The maximum absolute atomic E-state index is 2.80. The van der Waals surface area contributed by atoms with Gasteiger partial charge in [-0.25, -0.2) is 0 Å². The lowest BCUT2D eigenvalue weighted by molar-refractivity contribution is 0.590. The van der Waals surface area contributed by atoms with Crippen molar-refractivity contribution >= 4 is 101 Å². The van der Waals surface area contributed by atoms with Crippen LogP contribution in [-0.4, -0.2) is 15.8 Å². The third-order valence-corrected chi connectivity index (χ3v) is 29.1. The summed E-state index contributed by atoms with van der Waals surface area (Å²) in [5.74, 6) is 0. The van der Waals surface area contributed by atoms with Crippen LogP contribution in [0.25, 0.3) is 111 Å². The van der Waals surface area contributed by atoms with Crippen molar-refractivity contribution in [1.82, 2.24) is 9.13 Å². The molecule has 18 aromatic rings. The summed E-state index contributed by atoms with van der Waals surface area (Å²) in [5.41, 5.74) is 45.2. The SMILES string of the molecule is CC(C)(C)c1ccc(-c2cc3c4c(c2)N(c2cccc5c2C2(c6ccccc6-c6ccccc62)c2ccccc2-5)c2cc(-n5c6ccc(C(C)(C)C)cc6c6cc(C(C)(C)C)ccc65)ccc2B4c2ccc(-n4c5ccc(C(C)(C)C)cc5c5cc(C(C)(C)C)ccc54)cc2N3c2cccc3c2C2(c4ccccc4-c4ccccc42)c2ccccc2-3)cc1. The summed E-state index contributed by atoms with van der Waals surface area (Å²) in [5, 5.41) is 5.06. The van der Waals surface area contributed by atoms with Gasteiger partial charge in [-0.3, -0.25) is 0 Å². The Morgan fingerprint density at radius 2 is 0.496 bits per heavy atom. The van der Waals surface area contributed by atoms with Gasteiger partial charge in [0.2, 0.25) is 0 Å². The van der Waals surface area contributed by atoms with E-state index in [9.17, 15) is 0 Å². The minimum Gasteiger partial charge on any atom is -0.311 e. The maximum atomic E-state index is 2.80. The van der Waals surface area contributed by atoms with Gasteiger partial charge in [0, 0.05) is 66.8 Å². The first-order valence-electron chi connectivity index (χ1n) is 44.4. The molecule has 5 heteroatoms. The van der Waals surface area contributed by atoms with Gasteiger partial charge in [0.05, 0.1) is 44.3 Å². The Hall–Kier alpha value is -13.2. The molecular weight excluding hydrogens is 1480 g/mol. The van der Waals surface area contributed by atoms with E-state index in [0.717, 1.165) is 56.6 Å². The maximum Gasteiger partial charge on any atom is 0.252 e. The fourth-order valence-corrected chi connectivity index (χ4v) is 23.2. The Balaban J connectivity index is 0.868. The number of benzene rings is 16. The molecule has 4 aliphatic carbocycles. The van der Waals surface area contributed by atoms with Crippen LogP contribution in [0.4, 0.5) is 34.1 Å². The van der Waals surface area contributed by atoms with Crippen LogP contribution in [0, 0.1) is 0 Å². The van der Waals surface area contributed by atoms with Crippen LogP contribution in [0.3, 0.4) is 0 Å². The largest absolute Gasteiger partial charge is 0.311 e. The molecule has 2 aliphatic heterocycles. The van der Waals surface area contributed by atoms with Gasteiger partial charge >= 0.3 is 0 Å². The molecule has 2 spiro atoms. The van der Waals surface area contributed by atoms with E-state index in [1.165, 1.54) is 177 Å². The Kier molecular flexibility index (Phi) is 15.1. The summed E-state index contributed by atoms with van der Waals surface area (Å²) in [6.45, 7) is 34.9. The van der Waals surface area contributed by atoms with Crippen LogP contribution >= 0.6 is 0 Å². The molecule has 0 radical (unpaired) electrons. The first-order chi connectivity index (χ1) is 59.2. The van der Waals surface area contributed by atoms with E-state index >= 15 is 0 Å². The first-order valence-corrected chi connectivity index (χ1v) is 44.4. The predicted molar refractivity (Wildman–Crippen MR) is 521 cm³/mol. The molecule has 16 aromatic carbocycles. The molecule has 123 heavy (non-hydrogen) atoms. The smallest absolute Gasteiger partial charge is 0.252 e.